The number of aryl methyl sites for hydroxylation is 2. The van der Waals surface area contributed by atoms with Crippen LogP contribution in [-0.4, -0.2) is 101 Å². The largest absolute Gasteiger partial charge is 0.490 e. The molecule has 1 fully saturated rings. The molecule has 11 nitrogen and oxygen atoms in total. The average molecular weight is 713 g/mol. The zero-order valence-corrected chi connectivity index (χ0v) is 31.3. The van der Waals surface area contributed by atoms with Gasteiger partial charge in [-0.25, -0.2) is 9.59 Å². The van der Waals surface area contributed by atoms with Crippen molar-refractivity contribution in [3.8, 4) is 0 Å². The Labute approximate surface area is 293 Å². The first-order chi connectivity index (χ1) is 22.7. The van der Waals surface area contributed by atoms with Crippen molar-refractivity contribution in [2.45, 2.75) is 118 Å². The van der Waals surface area contributed by atoms with Crippen LogP contribution in [0.5, 0.6) is 0 Å². The highest BCUT2D eigenvalue weighted by atomic mass is 19.4. The third-order valence-electron chi connectivity index (χ3n) is 8.92. The van der Waals surface area contributed by atoms with Crippen molar-refractivity contribution in [3.63, 3.8) is 0 Å². The lowest BCUT2D eigenvalue weighted by molar-refractivity contribution is -0.192. The quantitative estimate of drug-likeness (QED) is 0.238. The van der Waals surface area contributed by atoms with Crippen LogP contribution in [0.25, 0.3) is 0 Å². The van der Waals surface area contributed by atoms with Gasteiger partial charge in [-0.15, -0.1) is 0 Å². The van der Waals surface area contributed by atoms with Crippen molar-refractivity contribution in [2.75, 3.05) is 20.6 Å². The molecule has 3 amide bonds. The van der Waals surface area contributed by atoms with Crippen LogP contribution < -0.4 is 10.6 Å². The lowest BCUT2D eigenvalue weighted by atomic mass is 9.76. The molecule has 1 aromatic carbocycles. The van der Waals surface area contributed by atoms with Crippen LogP contribution >= 0.6 is 0 Å². The van der Waals surface area contributed by atoms with Crippen molar-refractivity contribution in [1.29, 1.82) is 0 Å². The number of alkyl halides is 3. The lowest BCUT2D eigenvalue weighted by Crippen LogP contribution is -2.61. The molecule has 0 unspecified atom stereocenters. The number of aliphatic carboxylic acids is 2. The molecule has 282 valence electrons. The lowest BCUT2D eigenvalue weighted by Gasteiger charge is -2.40. The predicted octanol–water partition coefficient (Wildman–Crippen LogP) is 4.84. The fourth-order valence-corrected chi connectivity index (χ4v) is 6.13. The van der Waals surface area contributed by atoms with E-state index in [1.54, 1.807) is 32.0 Å². The second-order valence-electron chi connectivity index (χ2n) is 15.0. The van der Waals surface area contributed by atoms with Crippen molar-refractivity contribution in [1.82, 2.24) is 20.4 Å². The molecule has 14 heteroatoms. The van der Waals surface area contributed by atoms with E-state index in [4.69, 9.17) is 9.90 Å². The second-order valence-corrected chi connectivity index (χ2v) is 15.0. The zero-order valence-electron chi connectivity index (χ0n) is 31.3. The minimum Gasteiger partial charge on any atom is -0.480 e. The molecule has 1 aliphatic heterocycles. The van der Waals surface area contributed by atoms with Gasteiger partial charge in [0.15, 0.2) is 0 Å². The molecular formula is C36H55F3N4O7. The molecule has 1 aliphatic rings. The van der Waals surface area contributed by atoms with Crippen LogP contribution in [0.3, 0.4) is 0 Å². The van der Waals surface area contributed by atoms with E-state index in [1.807, 2.05) is 62.3 Å². The smallest absolute Gasteiger partial charge is 0.480 e. The number of nitrogens with zero attached hydrogens (tertiary/aromatic N) is 2. The van der Waals surface area contributed by atoms with Crippen LogP contribution in [-0.2, 0) is 29.4 Å². The van der Waals surface area contributed by atoms with Crippen molar-refractivity contribution in [3.05, 3.63) is 46.5 Å². The monoisotopic (exact) mass is 712 g/mol. The molecule has 0 saturated carbocycles. The number of likely N-dealkylation sites (tertiary alicyclic amines) is 1. The molecule has 0 radical (unpaired) electrons. The molecule has 4 atom stereocenters. The number of rotatable bonds is 11. The molecule has 0 spiro atoms. The molecule has 50 heavy (non-hydrogen) atoms. The summed E-state index contributed by atoms with van der Waals surface area (Å²) in [5, 5.41) is 22.9. The average Bonchev–Trinajstić information content (AvgIpc) is 3.47. The van der Waals surface area contributed by atoms with Gasteiger partial charge in [-0.3, -0.25) is 14.4 Å². The van der Waals surface area contributed by atoms with E-state index in [9.17, 15) is 37.5 Å². The maximum Gasteiger partial charge on any atom is 0.490 e. The molecule has 0 aliphatic carbocycles. The van der Waals surface area contributed by atoms with E-state index in [0.29, 0.717) is 25.0 Å². The fraction of sp³-hybridized carbons (Fsp3) is 0.639. The number of halogens is 3. The van der Waals surface area contributed by atoms with Gasteiger partial charge in [0.1, 0.15) is 12.1 Å². The molecule has 0 aromatic heterocycles. The Hall–Kier alpha value is -3.94. The van der Waals surface area contributed by atoms with Crippen molar-refractivity contribution < 1.29 is 47.4 Å². The molecule has 0 bridgehead atoms. The summed E-state index contributed by atoms with van der Waals surface area (Å²) in [7, 11) is 3.44. The van der Waals surface area contributed by atoms with Crippen LogP contribution in [0.2, 0.25) is 0 Å². The summed E-state index contributed by atoms with van der Waals surface area (Å²) >= 11 is 0. The normalized spacial score (nSPS) is 17.3. The Bertz CT molecular complexity index is 1410. The summed E-state index contributed by atoms with van der Waals surface area (Å²) in [6, 6.07) is 3.56. The van der Waals surface area contributed by atoms with Gasteiger partial charge in [0.05, 0.1) is 12.1 Å². The number of carboxylic acids is 2. The van der Waals surface area contributed by atoms with Crippen molar-refractivity contribution in [2.24, 2.45) is 11.3 Å². The number of carbonyl (C=O) groups excluding carboxylic acids is 3. The van der Waals surface area contributed by atoms with Gasteiger partial charge in [-0.05, 0) is 57.6 Å². The van der Waals surface area contributed by atoms with Gasteiger partial charge in [0, 0.05) is 24.6 Å². The van der Waals surface area contributed by atoms with E-state index in [2.05, 4.69) is 28.8 Å². The highest BCUT2D eigenvalue weighted by Gasteiger charge is 2.42. The van der Waals surface area contributed by atoms with Crippen molar-refractivity contribution >= 4 is 29.7 Å². The molecule has 1 saturated heterocycles. The number of carboxylic acid groups (broad SMARTS) is 2. The highest BCUT2D eigenvalue weighted by Crippen LogP contribution is 2.31. The number of carbonyl (C=O) groups is 5. The summed E-state index contributed by atoms with van der Waals surface area (Å²) < 4.78 is 31.7. The first-order valence-corrected chi connectivity index (χ1v) is 16.5. The molecule has 1 heterocycles. The van der Waals surface area contributed by atoms with Gasteiger partial charge in [0.25, 0.3) is 0 Å². The predicted molar refractivity (Wildman–Crippen MR) is 184 cm³/mol. The van der Waals surface area contributed by atoms with Gasteiger partial charge in [-0.1, -0.05) is 83.9 Å². The fourth-order valence-electron chi connectivity index (χ4n) is 6.13. The zero-order chi connectivity index (χ0) is 39.1. The molecule has 1 aromatic rings. The maximum atomic E-state index is 14.1. The van der Waals surface area contributed by atoms with E-state index in [0.717, 1.165) is 16.7 Å². The van der Waals surface area contributed by atoms with Crippen LogP contribution in [0.4, 0.5) is 13.2 Å². The van der Waals surface area contributed by atoms with Crippen LogP contribution in [0.15, 0.2) is 29.8 Å². The number of hydrogen-bond acceptors (Lipinski definition) is 6. The Kier molecular flexibility index (Phi) is 15.3. The summed E-state index contributed by atoms with van der Waals surface area (Å²) in [5.41, 5.74) is 2.48. The van der Waals surface area contributed by atoms with Gasteiger partial charge in [-0.2, -0.15) is 13.2 Å². The second kappa shape index (κ2) is 17.3. The Morgan fingerprint density at radius 3 is 1.86 bits per heavy atom. The standard InChI is InChI=1S/C34H54N4O5.C2HF3O2/c1-20(2)26(19-23(5)30(40)38-15-13-14-25(38)32(42)43)37(12)31(41)28(33(6,7)8)36-29(39)27(35-11)34(9,10)24-17-21(3)16-22(4)18-24;3-2(4,5)1(6)7/h16-20,25-28,35H,13-15H2,1-12H3,(H,36,39)(H,42,43);(H,6,7)/b23-19+;/t25-,26+,27+,28+;/m0./s1. The van der Waals surface area contributed by atoms with Gasteiger partial charge in [0.2, 0.25) is 17.7 Å². The van der Waals surface area contributed by atoms with E-state index in [1.165, 1.54) is 4.90 Å². The number of benzene rings is 1. The van der Waals surface area contributed by atoms with E-state index >= 15 is 0 Å². The Morgan fingerprint density at radius 1 is 0.960 bits per heavy atom. The third-order valence-corrected chi connectivity index (χ3v) is 8.92. The third kappa shape index (κ3) is 11.6. The number of likely N-dealkylation sites (N-methyl/N-ethyl adjacent to an activating group) is 2. The SMILES string of the molecule is CN[C@H](C(=O)N[C@H](C(=O)N(C)[C@H](/C=C(\C)C(=O)N1CCC[C@H]1C(=O)O)C(C)C)C(C)(C)C)C(C)(C)c1cc(C)cc(C)c1.O=C(O)C(F)(F)F. The topological polar surface area (TPSA) is 156 Å². The molecular weight excluding hydrogens is 657 g/mol. The Morgan fingerprint density at radius 2 is 1.46 bits per heavy atom. The first kappa shape index (κ1) is 44.1. The summed E-state index contributed by atoms with van der Waals surface area (Å²) in [4.78, 5) is 64.8. The number of amides is 3. The van der Waals surface area contributed by atoms with E-state index < -0.39 is 53.1 Å². The first-order valence-electron chi connectivity index (χ1n) is 16.5. The Balaban J connectivity index is 0.00000161. The van der Waals surface area contributed by atoms with Crippen LogP contribution in [0, 0.1) is 25.2 Å². The maximum absolute atomic E-state index is 14.1. The summed E-state index contributed by atoms with van der Waals surface area (Å²) in [6.45, 7) is 19.9. The van der Waals surface area contributed by atoms with E-state index in [-0.39, 0.29) is 23.6 Å². The number of hydrogen-bond donors (Lipinski definition) is 4. The summed E-state index contributed by atoms with van der Waals surface area (Å²) in [6.07, 6.45) is -2.26. The van der Waals surface area contributed by atoms with Crippen LogP contribution in [0.1, 0.15) is 84.9 Å². The number of nitrogens with one attached hydrogen (secondary N) is 2. The minimum atomic E-state index is -5.08. The molecule has 4 N–H and O–H groups in total. The molecule has 2 rings (SSSR count). The van der Waals surface area contributed by atoms with Gasteiger partial charge >= 0.3 is 18.1 Å². The minimum absolute atomic E-state index is 0.0459. The highest BCUT2D eigenvalue weighted by molar-refractivity contribution is 5.96. The summed E-state index contributed by atoms with van der Waals surface area (Å²) in [5.74, 6) is -4.68. The van der Waals surface area contributed by atoms with Gasteiger partial charge < -0.3 is 30.6 Å².